The van der Waals surface area contributed by atoms with E-state index in [4.69, 9.17) is 0 Å². The lowest BCUT2D eigenvalue weighted by atomic mass is 9.84. The lowest BCUT2D eigenvalue weighted by molar-refractivity contribution is -0.131. The molecule has 1 heterocycles. The second-order valence-corrected chi connectivity index (χ2v) is 7.34. The summed E-state index contributed by atoms with van der Waals surface area (Å²) in [4.78, 5) is 14.0. The van der Waals surface area contributed by atoms with Crippen LogP contribution in [0.1, 0.15) is 39.5 Å². The normalized spacial score (nSPS) is 37.9. The Morgan fingerprint density at radius 3 is 2.68 bits per heavy atom. The minimum Gasteiger partial charge on any atom is -0.388 e. The second-order valence-electron chi connectivity index (χ2n) is 7.34. The molecule has 2 aliphatic carbocycles. The molecule has 2 N–H and O–H groups in total. The van der Waals surface area contributed by atoms with Gasteiger partial charge in [-0.25, -0.2) is 0 Å². The van der Waals surface area contributed by atoms with Crippen molar-refractivity contribution in [3.05, 3.63) is 0 Å². The molecule has 3 aliphatic rings. The van der Waals surface area contributed by atoms with Crippen molar-refractivity contribution in [1.82, 2.24) is 10.2 Å². The summed E-state index contributed by atoms with van der Waals surface area (Å²) in [6.45, 7) is 5.64. The van der Waals surface area contributed by atoms with Crippen molar-refractivity contribution in [3.63, 3.8) is 0 Å². The zero-order valence-corrected chi connectivity index (χ0v) is 12.1. The van der Waals surface area contributed by atoms with Gasteiger partial charge in [0.15, 0.2) is 0 Å². The van der Waals surface area contributed by atoms with E-state index < -0.39 is 5.60 Å². The van der Waals surface area contributed by atoms with Gasteiger partial charge in [0.25, 0.3) is 0 Å². The van der Waals surface area contributed by atoms with Crippen LogP contribution < -0.4 is 5.32 Å². The van der Waals surface area contributed by atoms with Crippen LogP contribution in [0.2, 0.25) is 0 Å². The molecule has 0 radical (unpaired) electrons. The average Bonchev–Trinajstić information content (AvgIpc) is 2.87. The van der Waals surface area contributed by atoms with Gasteiger partial charge in [0.1, 0.15) is 0 Å². The highest BCUT2D eigenvalue weighted by Gasteiger charge is 2.42. The fraction of sp³-hybridized carbons (Fsp3) is 0.933. The van der Waals surface area contributed by atoms with Gasteiger partial charge in [-0.3, -0.25) is 9.69 Å². The van der Waals surface area contributed by atoms with Crippen molar-refractivity contribution in [3.8, 4) is 0 Å². The van der Waals surface area contributed by atoms with Gasteiger partial charge >= 0.3 is 0 Å². The van der Waals surface area contributed by atoms with E-state index in [0.717, 1.165) is 11.8 Å². The van der Waals surface area contributed by atoms with Crippen LogP contribution in [0.5, 0.6) is 0 Å². The average molecular weight is 266 g/mol. The standard InChI is InChI=1S/C15H26N2O2/c1-10(13-6-11-3-4-12(13)5-11)16-14(18)7-17-8-15(2,19)9-17/h10-13,19H,3-9H2,1-2H3,(H,16,18). The number of aliphatic hydroxyl groups is 1. The minimum atomic E-state index is -0.587. The van der Waals surface area contributed by atoms with E-state index in [-0.39, 0.29) is 5.91 Å². The molecule has 0 spiro atoms. The Morgan fingerprint density at radius 1 is 1.42 bits per heavy atom. The molecule has 2 saturated carbocycles. The molecule has 2 bridgehead atoms. The van der Waals surface area contributed by atoms with E-state index >= 15 is 0 Å². The predicted molar refractivity (Wildman–Crippen MR) is 73.6 cm³/mol. The maximum Gasteiger partial charge on any atom is 0.234 e. The van der Waals surface area contributed by atoms with E-state index in [2.05, 4.69) is 12.2 Å². The second kappa shape index (κ2) is 4.74. The summed E-state index contributed by atoms with van der Waals surface area (Å²) in [6.07, 6.45) is 5.47. The molecule has 1 aliphatic heterocycles. The Balaban J connectivity index is 1.42. The van der Waals surface area contributed by atoms with Gasteiger partial charge in [0.2, 0.25) is 5.91 Å². The van der Waals surface area contributed by atoms with Crippen LogP contribution in [0.25, 0.3) is 0 Å². The monoisotopic (exact) mass is 266 g/mol. The number of rotatable bonds is 4. The van der Waals surface area contributed by atoms with Gasteiger partial charge in [0.05, 0.1) is 12.1 Å². The zero-order chi connectivity index (χ0) is 13.6. The van der Waals surface area contributed by atoms with E-state index in [9.17, 15) is 9.90 Å². The maximum absolute atomic E-state index is 12.0. The van der Waals surface area contributed by atoms with Crippen LogP contribution in [0.4, 0.5) is 0 Å². The molecular formula is C15H26N2O2. The quantitative estimate of drug-likeness (QED) is 0.798. The van der Waals surface area contributed by atoms with E-state index in [1.54, 1.807) is 0 Å². The molecule has 108 valence electrons. The summed E-state index contributed by atoms with van der Waals surface area (Å²) in [6, 6.07) is 0.310. The summed E-state index contributed by atoms with van der Waals surface area (Å²) in [5.74, 6) is 2.60. The van der Waals surface area contributed by atoms with Crippen LogP contribution in [-0.2, 0) is 4.79 Å². The SMILES string of the molecule is CC(NC(=O)CN1CC(C)(O)C1)C1CC2CCC1C2. The summed E-state index contributed by atoms with van der Waals surface area (Å²) in [7, 11) is 0. The summed E-state index contributed by atoms with van der Waals surface area (Å²) < 4.78 is 0. The molecule has 0 aromatic rings. The smallest absolute Gasteiger partial charge is 0.234 e. The molecule has 3 rings (SSSR count). The fourth-order valence-corrected chi connectivity index (χ4v) is 4.54. The van der Waals surface area contributed by atoms with Crippen molar-refractivity contribution in [2.75, 3.05) is 19.6 Å². The van der Waals surface area contributed by atoms with Gasteiger partial charge in [-0.2, -0.15) is 0 Å². The number of β-amino-alcohol motifs (C(OH)–C–C–N with tert-alkyl or cyclic N) is 1. The predicted octanol–water partition coefficient (Wildman–Crippen LogP) is 0.994. The third kappa shape index (κ3) is 2.79. The van der Waals surface area contributed by atoms with Gasteiger partial charge < -0.3 is 10.4 Å². The van der Waals surface area contributed by atoms with Crippen LogP contribution in [0, 0.1) is 17.8 Å². The molecule has 1 saturated heterocycles. The largest absolute Gasteiger partial charge is 0.388 e. The number of hydrogen-bond donors (Lipinski definition) is 2. The molecule has 4 unspecified atom stereocenters. The van der Waals surface area contributed by atoms with Crippen LogP contribution in [0.3, 0.4) is 0 Å². The third-order valence-electron chi connectivity index (χ3n) is 5.32. The number of amides is 1. The van der Waals surface area contributed by atoms with Crippen molar-refractivity contribution in [1.29, 1.82) is 0 Å². The first-order valence-corrected chi connectivity index (χ1v) is 7.67. The first kappa shape index (κ1) is 13.4. The topological polar surface area (TPSA) is 52.6 Å². The van der Waals surface area contributed by atoms with Crippen LogP contribution >= 0.6 is 0 Å². The lowest BCUT2D eigenvalue weighted by Crippen LogP contribution is -2.62. The highest BCUT2D eigenvalue weighted by molar-refractivity contribution is 5.78. The molecule has 0 aromatic heterocycles. The molecule has 3 fully saturated rings. The minimum absolute atomic E-state index is 0.116. The number of fused-ring (bicyclic) bond motifs is 2. The number of hydrogen-bond acceptors (Lipinski definition) is 3. The number of nitrogens with one attached hydrogen (secondary N) is 1. The highest BCUT2D eigenvalue weighted by Crippen LogP contribution is 2.49. The number of nitrogens with zero attached hydrogens (tertiary/aromatic N) is 1. The first-order valence-electron chi connectivity index (χ1n) is 7.67. The molecule has 4 atom stereocenters. The fourth-order valence-electron chi connectivity index (χ4n) is 4.54. The van der Waals surface area contributed by atoms with Crippen LogP contribution in [-0.4, -0.2) is 47.2 Å². The van der Waals surface area contributed by atoms with Crippen molar-refractivity contribution in [2.45, 2.75) is 51.2 Å². The summed E-state index contributed by atoms with van der Waals surface area (Å²) >= 11 is 0. The van der Waals surface area contributed by atoms with E-state index in [1.807, 2.05) is 11.8 Å². The molecule has 0 aromatic carbocycles. The first-order chi connectivity index (χ1) is 8.93. The lowest BCUT2D eigenvalue weighted by Gasteiger charge is -2.44. The summed E-state index contributed by atoms with van der Waals surface area (Å²) in [5.41, 5.74) is -0.587. The zero-order valence-electron chi connectivity index (χ0n) is 12.1. The Morgan fingerprint density at radius 2 is 2.16 bits per heavy atom. The molecular weight excluding hydrogens is 240 g/mol. The molecule has 1 amide bonds. The van der Waals surface area contributed by atoms with Crippen molar-refractivity contribution >= 4 is 5.91 Å². The molecule has 4 heteroatoms. The Labute approximate surface area is 115 Å². The number of carbonyl (C=O) groups is 1. The Bertz CT molecular complexity index is 361. The maximum atomic E-state index is 12.0. The third-order valence-corrected chi connectivity index (χ3v) is 5.32. The Kier molecular flexibility index (Phi) is 3.34. The van der Waals surface area contributed by atoms with Crippen LogP contribution in [0.15, 0.2) is 0 Å². The Hall–Kier alpha value is -0.610. The molecule has 4 nitrogen and oxygen atoms in total. The number of carbonyl (C=O) groups excluding carboxylic acids is 1. The van der Waals surface area contributed by atoms with Gasteiger partial charge in [0, 0.05) is 19.1 Å². The molecule has 19 heavy (non-hydrogen) atoms. The van der Waals surface area contributed by atoms with Gasteiger partial charge in [-0.05, 0) is 50.9 Å². The van der Waals surface area contributed by atoms with Crippen molar-refractivity contribution in [2.24, 2.45) is 17.8 Å². The van der Waals surface area contributed by atoms with Gasteiger partial charge in [-0.1, -0.05) is 6.42 Å². The number of likely N-dealkylation sites (tertiary alicyclic amines) is 1. The van der Waals surface area contributed by atoms with E-state index in [1.165, 1.54) is 25.7 Å². The van der Waals surface area contributed by atoms with Crippen molar-refractivity contribution < 1.29 is 9.90 Å². The highest BCUT2D eigenvalue weighted by atomic mass is 16.3. The van der Waals surface area contributed by atoms with E-state index in [0.29, 0.717) is 31.6 Å². The summed E-state index contributed by atoms with van der Waals surface area (Å²) in [5, 5.41) is 12.8. The van der Waals surface area contributed by atoms with Gasteiger partial charge in [-0.15, -0.1) is 0 Å².